The second kappa shape index (κ2) is 9.46. The van der Waals surface area contributed by atoms with Crippen molar-refractivity contribution in [2.75, 3.05) is 26.2 Å². The third kappa shape index (κ3) is 5.95. The van der Waals surface area contributed by atoms with Gasteiger partial charge in [0.1, 0.15) is 6.61 Å². The van der Waals surface area contributed by atoms with Gasteiger partial charge in [0, 0.05) is 24.7 Å². The summed E-state index contributed by atoms with van der Waals surface area (Å²) in [5.74, 6) is -0.396. The van der Waals surface area contributed by atoms with Crippen LogP contribution in [0.5, 0.6) is 0 Å². The lowest BCUT2D eigenvalue weighted by molar-refractivity contribution is -0.131. The highest BCUT2D eigenvalue weighted by molar-refractivity contribution is 5.96. The molecular weight excluding hydrogens is 322 g/mol. The highest BCUT2D eigenvalue weighted by atomic mass is 16.5. The fourth-order valence-electron chi connectivity index (χ4n) is 2.58. The molecule has 0 aromatic heterocycles. The minimum Gasteiger partial charge on any atom is -0.445 e. The molecule has 0 aliphatic carbocycles. The molecule has 1 fully saturated rings. The lowest BCUT2D eigenvalue weighted by atomic mass is 10.1. The average Bonchev–Trinajstić information content (AvgIpc) is 2.65. The van der Waals surface area contributed by atoms with Crippen LogP contribution in [0.3, 0.4) is 0 Å². The van der Waals surface area contributed by atoms with Gasteiger partial charge in [-0.1, -0.05) is 30.9 Å². The molecule has 1 aliphatic rings. The smallest absolute Gasteiger partial charge is 0.407 e. The van der Waals surface area contributed by atoms with Crippen molar-refractivity contribution in [2.45, 2.75) is 18.9 Å². The lowest BCUT2D eigenvalue weighted by Gasteiger charge is -2.32. The molecular formula is C18H23N3O4. The third-order valence-electron chi connectivity index (χ3n) is 3.94. The van der Waals surface area contributed by atoms with Crippen molar-refractivity contribution in [3.63, 3.8) is 0 Å². The number of hydrogen-bond acceptors (Lipinski definition) is 4. The van der Waals surface area contributed by atoms with E-state index in [9.17, 15) is 14.4 Å². The molecule has 0 radical (unpaired) electrons. The summed E-state index contributed by atoms with van der Waals surface area (Å²) in [6, 6.07) is 8.75. The molecule has 7 heteroatoms. The summed E-state index contributed by atoms with van der Waals surface area (Å²) >= 11 is 0. The molecule has 1 aromatic carbocycles. The molecule has 1 saturated heterocycles. The first kappa shape index (κ1) is 18.5. The highest BCUT2D eigenvalue weighted by Gasteiger charge is 2.24. The predicted octanol–water partition coefficient (Wildman–Crippen LogP) is 1.32. The van der Waals surface area contributed by atoms with E-state index in [-0.39, 0.29) is 31.0 Å². The number of likely N-dealkylation sites (tertiary alicyclic amines) is 1. The minimum atomic E-state index is -0.472. The number of benzene rings is 1. The zero-order valence-corrected chi connectivity index (χ0v) is 14.1. The Labute approximate surface area is 147 Å². The van der Waals surface area contributed by atoms with Crippen LogP contribution in [0.15, 0.2) is 43.0 Å². The van der Waals surface area contributed by atoms with E-state index in [0.717, 1.165) is 0 Å². The fraction of sp³-hybridized carbons (Fsp3) is 0.389. The van der Waals surface area contributed by atoms with Crippen molar-refractivity contribution in [1.29, 1.82) is 0 Å². The first-order chi connectivity index (χ1) is 12.1. The van der Waals surface area contributed by atoms with E-state index in [1.54, 1.807) is 29.2 Å². The minimum absolute atomic E-state index is 0.0136. The molecule has 0 spiro atoms. The van der Waals surface area contributed by atoms with Gasteiger partial charge in [-0.05, 0) is 25.0 Å². The van der Waals surface area contributed by atoms with Crippen LogP contribution in [0.2, 0.25) is 0 Å². The Hall–Kier alpha value is -2.83. The standard InChI is InChI=1S/C18H23N3O4/c1-2-12-25-18(24)20-15-8-10-21(11-9-15)16(22)13-19-17(23)14-6-4-3-5-7-14/h2-7,15H,1,8-13H2,(H,19,23)(H,20,24). The van der Waals surface area contributed by atoms with Crippen molar-refractivity contribution < 1.29 is 19.1 Å². The molecule has 7 nitrogen and oxygen atoms in total. The molecule has 0 atom stereocenters. The van der Waals surface area contributed by atoms with Gasteiger partial charge < -0.3 is 20.3 Å². The predicted molar refractivity (Wildman–Crippen MR) is 93.1 cm³/mol. The molecule has 134 valence electrons. The van der Waals surface area contributed by atoms with E-state index in [1.807, 2.05) is 6.07 Å². The maximum absolute atomic E-state index is 12.2. The summed E-state index contributed by atoms with van der Waals surface area (Å²) in [5.41, 5.74) is 0.524. The van der Waals surface area contributed by atoms with Crippen LogP contribution < -0.4 is 10.6 Å². The van der Waals surface area contributed by atoms with Crippen LogP contribution in [0.25, 0.3) is 0 Å². The van der Waals surface area contributed by atoms with E-state index in [2.05, 4.69) is 17.2 Å². The van der Waals surface area contributed by atoms with E-state index >= 15 is 0 Å². The van der Waals surface area contributed by atoms with Gasteiger partial charge in [0.15, 0.2) is 0 Å². The number of alkyl carbamates (subject to hydrolysis) is 1. The van der Waals surface area contributed by atoms with Crippen molar-refractivity contribution >= 4 is 17.9 Å². The first-order valence-electron chi connectivity index (χ1n) is 8.25. The highest BCUT2D eigenvalue weighted by Crippen LogP contribution is 2.10. The number of hydrogen-bond donors (Lipinski definition) is 2. The number of nitrogens with one attached hydrogen (secondary N) is 2. The lowest BCUT2D eigenvalue weighted by Crippen LogP contribution is -2.49. The number of carbonyl (C=O) groups excluding carboxylic acids is 3. The zero-order chi connectivity index (χ0) is 18.1. The van der Waals surface area contributed by atoms with Crippen LogP contribution in [0.1, 0.15) is 23.2 Å². The SMILES string of the molecule is C=CCOC(=O)NC1CCN(C(=O)CNC(=O)c2ccccc2)CC1. The topological polar surface area (TPSA) is 87.7 Å². The van der Waals surface area contributed by atoms with Gasteiger partial charge in [-0.25, -0.2) is 4.79 Å². The Bertz CT molecular complexity index is 610. The summed E-state index contributed by atoms with van der Waals surface area (Å²) in [4.78, 5) is 37.3. The molecule has 1 aromatic rings. The Balaban J connectivity index is 1.69. The summed E-state index contributed by atoms with van der Waals surface area (Å²) in [5, 5.41) is 5.40. The summed E-state index contributed by atoms with van der Waals surface area (Å²) in [6.07, 6.45) is 2.34. The van der Waals surface area contributed by atoms with Gasteiger partial charge in [0.05, 0.1) is 6.54 Å². The van der Waals surface area contributed by atoms with Crippen LogP contribution >= 0.6 is 0 Å². The molecule has 0 bridgehead atoms. The second-order valence-corrected chi connectivity index (χ2v) is 5.74. The van der Waals surface area contributed by atoms with Crippen LogP contribution in [-0.4, -0.2) is 55.1 Å². The summed E-state index contributed by atoms with van der Waals surface area (Å²) in [7, 11) is 0. The number of ether oxygens (including phenoxy) is 1. The molecule has 2 rings (SSSR count). The van der Waals surface area contributed by atoms with Gasteiger partial charge in [0.2, 0.25) is 5.91 Å². The fourth-order valence-corrected chi connectivity index (χ4v) is 2.58. The van der Waals surface area contributed by atoms with E-state index < -0.39 is 6.09 Å². The average molecular weight is 345 g/mol. The van der Waals surface area contributed by atoms with Gasteiger partial charge in [-0.3, -0.25) is 9.59 Å². The van der Waals surface area contributed by atoms with Gasteiger partial charge >= 0.3 is 6.09 Å². The summed E-state index contributed by atoms with van der Waals surface area (Å²) in [6.45, 7) is 4.68. The first-order valence-corrected chi connectivity index (χ1v) is 8.25. The molecule has 1 heterocycles. The molecule has 0 saturated carbocycles. The second-order valence-electron chi connectivity index (χ2n) is 5.74. The molecule has 1 aliphatic heterocycles. The van der Waals surface area contributed by atoms with Crippen LogP contribution in [-0.2, 0) is 9.53 Å². The quantitative estimate of drug-likeness (QED) is 0.761. The molecule has 2 N–H and O–H groups in total. The Kier molecular flexibility index (Phi) is 7.00. The number of rotatable bonds is 6. The Morgan fingerprint density at radius 3 is 2.52 bits per heavy atom. The van der Waals surface area contributed by atoms with Crippen LogP contribution in [0, 0.1) is 0 Å². The van der Waals surface area contributed by atoms with Gasteiger partial charge in [-0.2, -0.15) is 0 Å². The third-order valence-corrected chi connectivity index (χ3v) is 3.94. The maximum atomic E-state index is 12.2. The van der Waals surface area contributed by atoms with Crippen LogP contribution in [0.4, 0.5) is 4.79 Å². The maximum Gasteiger partial charge on any atom is 0.407 e. The van der Waals surface area contributed by atoms with E-state index in [1.165, 1.54) is 6.08 Å². The molecule has 25 heavy (non-hydrogen) atoms. The van der Waals surface area contributed by atoms with Crippen molar-refractivity contribution in [1.82, 2.24) is 15.5 Å². The largest absolute Gasteiger partial charge is 0.445 e. The zero-order valence-electron chi connectivity index (χ0n) is 14.1. The van der Waals surface area contributed by atoms with Gasteiger partial charge in [0.25, 0.3) is 5.91 Å². The van der Waals surface area contributed by atoms with E-state index in [0.29, 0.717) is 31.5 Å². The number of nitrogens with zero attached hydrogens (tertiary/aromatic N) is 1. The van der Waals surface area contributed by atoms with Gasteiger partial charge in [-0.15, -0.1) is 0 Å². The van der Waals surface area contributed by atoms with E-state index in [4.69, 9.17) is 4.74 Å². The molecule has 3 amide bonds. The van der Waals surface area contributed by atoms with Crippen molar-refractivity contribution in [2.24, 2.45) is 0 Å². The Morgan fingerprint density at radius 2 is 1.88 bits per heavy atom. The number of carbonyl (C=O) groups is 3. The van der Waals surface area contributed by atoms with Crippen molar-refractivity contribution in [3.8, 4) is 0 Å². The number of amides is 3. The monoisotopic (exact) mass is 345 g/mol. The normalized spacial score (nSPS) is 14.5. The molecule has 0 unspecified atom stereocenters. The number of piperidine rings is 1. The Morgan fingerprint density at radius 1 is 1.20 bits per heavy atom. The van der Waals surface area contributed by atoms with Crippen molar-refractivity contribution in [3.05, 3.63) is 48.6 Å². The summed E-state index contributed by atoms with van der Waals surface area (Å²) < 4.78 is 4.88.